The molecule has 0 amide bonds. The van der Waals surface area contributed by atoms with Gasteiger partial charge in [0.2, 0.25) is 0 Å². The largest absolute Gasteiger partial charge is 0.386 e. The standard InChI is InChI=1S/C16H18O2/c1-11-9-10-18-16(11)15(17)14-8-4-6-12-5-2-3-7-13(12)14/h2-8,11,15-17H,9-10H2,1H3. The minimum atomic E-state index is -0.534. The van der Waals surface area contributed by atoms with Crippen LogP contribution in [0.4, 0.5) is 0 Å². The van der Waals surface area contributed by atoms with E-state index in [2.05, 4.69) is 25.1 Å². The van der Waals surface area contributed by atoms with E-state index in [1.807, 2.05) is 24.3 Å². The van der Waals surface area contributed by atoms with E-state index >= 15 is 0 Å². The Hall–Kier alpha value is -1.38. The van der Waals surface area contributed by atoms with Crippen molar-refractivity contribution in [3.05, 3.63) is 48.0 Å². The van der Waals surface area contributed by atoms with Gasteiger partial charge in [0.15, 0.2) is 0 Å². The van der Waals surface area contributed by atoms with Crippen molar-refractivity contribution < 1.29 is 9.84 Å². The highest BCUT2D eigenvalue weighted by Crippen LogP contribution is 2.34. The Kier molecular flexibility index (Phi) is 3.06. The summed E-state index contributed by atoms with van der Waals surface area (Å²) in [5.74, 6) is 0.416. The molecule has 94 valence electrons. The first-order valence-electron chi connectivity index (χ1n) is 6.54. The Morgan fingerprint density at radius 1 is 1.17 bits per heavy atom. The summed E-state index contributed by atoms with van der Waals surface area (Å²) in [7, 11) is 0. The second-order valence-electron chi connectivity index (χ2n) is 5.11. The Morgan fingerprint density at radius 2 is 1.94 bits per heavy atom. The zero-order chi connectivity index (χ0) is 12.5. The number of rotatable bonds is 2. The van der Waals surface area contributed by atoms with Gasteiger partial charge in [-0.25, -0.2) is 0 Å². The van der Waals surface area contributed by atoms with Gasteiger partial charge in [-0.3, -0.25) is 0 Å². The highest BCUT2D eigenvalue weighted by Gasteiger charge is 2.32. The van der Waals surface area contributed by atoms with Crippen molar-refractivity contribution in [1.82, 2.24) is 0 Å². The van der Waals surface area contributed by atoms with E-state index in [0.29, 0.717) is 5.92 Å². The lowest BCUT2D eigenvalue weighted by molar-refractivity contribution is -0.0171. The number of aliphatic hydroxyl groups excluding tert-OH is 1. The average molecular weight is 242 g/mol. The van der Waals surface area contributed by atoms with Crippen LogP contribution < -0.4 is 0 Å². The van der Waals surface area contributed by atoms with Crippen LogP contribution in [-0.2, 0) is 4.74 Å². The normalized spacial score (nSPS) is 25.4. The molecule has 1 heterocycles. The van der Waals surface area contributed by atoms with Gasteiger partial charge in [-0.1, -0.05) is 49.4 Å². The van der Waals surface area contributed by atoms with Gasteiger partial charge in [0.1, 0.15) is 6.10 Å². The number of hydrogen-bond donors (Lipinski definition) is 1. The van der Waals surface area contributed by atoms with Crippen LogP contribution in [0.15, 0.2) is 42.5 Å². The van der Waals surface area contributed by atoms with Gasteiger partial charge in [-0.15, -0.1) is 0 Å². The van der Waals surface area contributed by atoms with E-state index in [0.717, 1.165) is 24.0 Å². The highest BCUT2D eigenvalue weighted by molar-refractivity contribution is 5.86. The van der Waals surface area contributed by atoms with Crippen LogP contribution in [0.1, 0.15) is 25.0 Å². The van der Waals surface area contributed by atoms with Crippen molar-refractivity contribution in [2.24, 2.45) is 5.92 Å². The quantitative estimate of drug-likeness (QED) is 0.875. The summed E-state index contributed by atoms with van der Waals surface area (Å²) in [5.41, 5.74) is 0.979. The van der Waals surface area contributed by atoms with Gasteiger partial charge in [-0.05, 0) is 28.7 Å². The molecule has 3 atom stereocenters. The molecule has 3 rings (SSSR count). The molecule has 1 aliphatic rings. The Labute approximate surface area is 107 Å². The molecule has 1 saturated heterocycles. The predicted octanol–water partition coefficient (Wildman–Crippen LogP) is 3.30. The number of benzene rings is 2. The summed E-state index contributed by atoms with van der Waals surface area (Å²) in [6, 6.07) is 14.2. The molecule has 18 heavy (non-hydrogen) atoms. The van der Waals surface area contributed by atoms with Crippen LogP contribution in [-0.4, -0.2) is 17.8 Å². The third kappa shape index (κ3) is 1.92. The van der Waals surface area contributed by atoms with E-state index in [4.69, 9.17) is 4.74 Å². The lowest BCUT2D eigenvalue weighted by Crippen LogP contribution is -2.23. The molecule has 1 fully saturated rings. The minimum absolute atomic E-state index is 0.0733. The number of ether oxygens (including phenoxy) is 1. The van der Waals surface area contributed by atoms with E-state index in [9.17, 15) is 5.11 Å². The second kappa shape index (κ2) is 4.71. The monoisotopic (exact) mass is 242 g/mol. The van der Waals surface area contributed by atoms with Crippen molar-refractivity contribution in [2.75, 3.05) is 6.61 Å². The SMILES string of the molecule is CC1CCOC1C(O)c1cccc2ccccc12. The van der Waals surface area contributed by atoms with Crippen molar-refractivity contribution >= 4 is 10.8 Å². The van der Waals surface area contributed by atoms with Gasteiger partial charge in [0.25, 0.3) is 0 Å². The molecule has 0 saturated carbocycles. The number of aliphatic hydroxyl groups is 1. The molecular formula is C16H18O2. The van der Waals surface area contributed by atoms with Gasteiger partial charge >= 0.3 is 0 Å². The first kappa shape index (κ1) is 11.7. The van der Waals surface area contributed by atoms with Crippen LogP contribution in [0.3, 0.4) is 0 Å². The van der Waals surface area contributed by atoms with E-state index < -0.39 is 6.10 Å². The third-order valence-electron chi connectivity index (χ3n) is 3.90. The molecule has 0 spiro atoms. The maximum atomic E-state index is 10.6. The van der Waals surface area contributed by atoms with Gasteiger partial charge < -0.3 is 9.84 Å². The maximum absolute atomic E-state index is 10.6. The van der Waals surface area contributed by atoms with Gasteiger partial charge in [0.05, 0.1) is 6.10 Å². The molecule has 2 aromatic rings. The fourth-order valence-corrected chi connectivity index (χ4v) is 2.81. The number of hydrogen-bond acceptors (Lipinski definition) is 2. The van der Waals surface area contributed by atoms with Crippen LogP contribution in [0.25, 0.3) is 10.8 Å². The Balaban J connectivity index is 2.03. The van der Waals surface area contributed by atoms with Crippen molar-refractivity contribution in [1.29, 1.82) is 0 Å². The summed E-state index contributed by atoms with van der Waals surface area (Å²) in [6.45, 7) is 2.90. The molecule has 1 N–H and O–H groups in total. The molecule has 2 aromatic carbocycles. The molecule has 0 aliphatic carbocycles. The fourth-order valence-electron chi connectivity index (χ4n) is 2.81. The first-order chi connectivity index (χ1) is 8.77. The van der Waals surface area contributed by atoms with Crippen LogP contribution in [0.2, 0.25) is 0 Å². The minimum Gasteiger partial charge on any atom is -0.386 e. The lowest BCUT2D eigenvalue weighted by Gasteiger charge is -2.22. The van der Waals surface area contributed by atoms with Crippen LogP contribution in [0, 0.1) is 5.92 Å². The topological polar surface area (TPSA) is 29.5 Å². The molecule has 1 aliphatic heterocycles. The zero-order valence-electron chi connectivity index (χ0n) is 10.5. The summed E-state index contributed by atoms with van der Waals surface area (Å²) >= 11 is 0. The Morgan fingerprint density at radius 3 is 2.72 bits per heavy atom. The van der Waals surface area contributed by atoms with Gasteiger partial charge in [-0.2, -0.15) is 0 Å². The summed E-state index contributed by atoms with van der Waals surface area (Å²) < 4.78 is 5.68. The van der Waals surface area contributed by atoms with Crippen LogP contribution in [0.5, 0.6) is 0 Å². The molecular weight excluding hydrogens is 224 g/mol. The van der Waals surface area contributed by atoms with Gasteiger partial charge in [0, 0.05) is 6.61 Å². The highest BCUT2D eigenvalue weighted by atomic mass is 16.5. The molecule has 0 aromatic heterocycles. The second-order valence-corrected chi connectivity index (χ2v) is 5.11. The van der Waals surface area contributed by atoms with Crippen molar-refractivity contribution in [3.63, 3.8) is 0 Å². The van der Waals surface area contributed by atoms with Crippen LogP contribution >= 0.6 is 0 Å². The molecule has 2 nitrogen and oxygen atoms in total. The Bertz CT molecular complexity index is 544. The average Bonchev–Trinajstić information content (AvgIpc) is 2.83. The lowest BCUT2D eigenvalue weighted by atomic mass is 9.92. The molecule has 3 unspecified atom stereocenters. The zero-order valence-corrected chi connectivity index (χ0v) is 10.5. The number of fused-ring (bicyclic) bond motifs is 1. The predicted molar refractivity (Wildman–Crippen MR) is 72.4 cm³/mol. The first-order valence-corrected chi connectivity index (χ1v) is 6.54. The summed E-state index contributed by atoms with van der Waals surface area (Å²) in [5, 5.41) is 12.9. The molecule has 0 bridgehead atoms. The van der Waals surface area contributed by atoms with Crippen molar-refractivity contribution in [3.8, 4) is 0 Å². The fraction of sp³-hybridized carbons (Fsp3) is 0.375. The molecule has 0 radical (unpaired) electrons. The molecule has 2 heteroatoms. The van der Waals surface area contributed by atoms with E-state index in [1.165, 1.54) is 5.39 Å². The smallest absolute Gasteiger partial charge is 0.106 e. The maximum Gasteiger partial charge on any atom is 0.106 e. The summed E-state index contributed by atoms with van der Waals surface area (Å²) in [6.07, 6.45) is 0.427. The van der Waals surface area contributed by atoms with E-state index in [1.54, 1.807) is 0 Å². The van der Waals surface area contributed by atoms with Crippen molar-refractivity contribution in [2.45, 2.75) is 25.6 Å². The van der Waals surface area contributed by atoms with E-state index in [-0.39, 0.29) is 6.10 Å². The summed E-state index contributed by atoms with van der Waals surface area (Å²) in [4.78, 5) is 0. The third-order valence-corrected chi connectivity index (χ3v) is 3.90.